The number of pyridine rings is 5. The van der Waals surface area contributed by atoms with Gasteiger partial charge in [-0.1, -0.05) is 58.2 Å². The minimum atomic E-state index is -0.0582. The minimum absolute atomic E-state index is 0. The summed E-state index contributed by atoms with van der Waals surface area (Å²) in [4.78, 5) is 21.2. The Hall–Kier alpha value is -10.7. The van der Waals surface area contributed by atoms with Gasteiger partial charge in [0.15, 0.2) is 41.3 Å². The molecule has 0 saturated carbocycles. The number of aromatic nitrogens is 23. The molecule has 14 aromatic heterocycles. The summed E-state index contributed by atoms with van der Waals surface area (Å²) in [5.74, 6) is 3.72. The van der Waals surface area contributed by atoms with Crippen LogP contribution in [0.1, 0.15) is 70.7 Å². The van der Waals surface area contributed by atoms with Crippen molar-refractivity contribution in [2.24, 2.45) is 14.1 Å². The van der Waals surface area contributed by atoms with Crippen LogP contribution in [0.25, 0.3) is 78.6 Å². The molecule has 18 heterocycles. The molecule has 4 aliphatic heterocycles. The van der Waals surface area contributed by atoms with Gasteiger partial charge in [-0.25, -0.2) is 9.13 Å². The van der Waals surface area contributed by atoms with Gasteiger partial charge in [-0.05, 0) is 125 Å². The predicted molar refractivity (Wildman–Crippen MR) is 472 cm³/mol. The summed E-state index contributed by atoms with van der Waals surface area (Å²) in [6.07, 6.45) is 30.9. The SMILES string of the molecule is C.C.C.CN1CCC=C(c2nsnc2OCOc2nsnc2C2=CCCN(C)C2)C1.CN1CCC=C(c2nsnc2OCOc2nsnc2C2=CCCN(C)C2)C1.C[n+]1cccc(-c2nsnc2OCOc2nsnc2-c2ccc[n+](C)c2)c1.Clc1nsnc1-c1cccnc1.c1cncc(-c2nsnc2OCOc2nsnc2-c2cccnc2)c1. The van der Waals surface area contributed by atoms with Crippen molar-refractivity contribution in [3.8, 4) is 103 Å². The monoisotopic (exact) mass is 1830 g/mol. The minimum Gasteiger partial charge on any atom is -0.438 e. The van der Waals surface area contributed by atoms with E-state index in [1.807, 2.05) is 109 Å². The lowest BCUT2D eigenvalue weighted by atomic mass is 10.1. The second kappa shape index (κ2) is 46.3. The number of aryl methyl sites for hydroxylation is 2. The first-order chi connectivity index (χ1) is 57.9. The van der Waals surface area contributed by atoms with Crippen LogP contribution in [0.2, 0.25) is 5.15 Å². The molecule has 121 heavy (non-hydrogen) atoms. The summed E-state index contributed by atoms with van der Waals surface area (Å²) in [6.45, 7) is 7.62. The van der Waals surface area contributed by atoms with Crippen molar-refractivity contribution in [1.82, 2.24) is 113 Å². The van der Waals surface area contributed by atoms with Crippen LogP contribution in [0.4, 0.5) is 0 Å². The first kappa shape index (κ1) is 91.0. The van der Waals surface area contributed by atoms with Gasteiger partial charge in [-0.3, -0.25) is 15.0 Å². The van der Waals surface area contributed by atoms with Gasteiger partial charge in [0.25, 0.3) is 47.0 Å². The highest BCUT2D eigenvalue weighted by Crippen LogP contribution is 2.36. The van der Waals surface area contributed by atoms with Crippen molar-refractivity contribution in [3.63, 3.8) is 0 Å². The van der Waals surface area contributed by atoms with Crippen molar-refractivity contribution in [2.45, 2.75) is 48.0 Å². The van der Waals surface area contributed by atoms with Crippen molar-refractivity contribution in [2.75, 3.05) is 108 Å². The number of rotatable bonds is 25. The van der Waals surface area contributed by atoms with Crippen LogP contribution >= 0.6 is 117 Å². The average Bonchev–Trinajstić information content (AvgIpc) is 1.70. The van der Waals surface area contributed by atoms with E-state index in [1.54, 1.807) is 37.2 Å². The molecule has 0 spiro atoms. The van der Waals surface area contributed by atoms with Crippen LogP contribution in [0, 0.1) is 0 Å². The normalized spacial score (nSPS) is 14.0. The fraction of sp³-hybridized carbons (Fsp3) is 0.329. The summed E-state index contributed by atoms with van der Waals surface area (Å²) in [5.41, 5.74) is 15.6. The Morgan fingerprint density at radius 1 is 0.306 bits per heavy atom. The molecule has 45 heteroatoms. The van der Waals surface area contributed by atoms with Crippen LogP contribution < -0.4 is 47.0 Å². The zero-order valence-corrected chi connectivity index (χ0v) is 72.2. The number of ether oxygens (including phenoxy) is 8. The summed E-state index contributed by atoms with van der Waals surface area (Å²) in [7, 11) is 12.3. The zero-order chi connectivity index (χ0) is 81.2. The lowest BCUT2D eigenvalue weighted by Crippen LogP contribution is -2.26. The van der Waals surface area contributed by atoms with Crippen LogP contribution in [-0.4, -0.2) is 221 Å². The van der Waals surface area contributed by atoms with Crippen molar-refractivity contribution in [1.29, 1.82) is 0 Å². The summed E-state index contributed by atoms with van der Waals surface area (Å²) in [5, 5.41) is 0.438. The smallest absolute Gasteiger partial charge is 0.257 e. The maximum absolute atomic E-state index is 5.78. The molecule has 0 atom stereocenters. The molecule has 35 nitrogen and oxygen atoms in total. The molecule has 0 aliphatic carbocycles. The van der Waals surface area contributed by atoms with Gasteiger partial charge in [0.05, 0.1) is 117 Å². The fourth-order valence-electron chi connectivity index (χ4n) is 11.8. The summed E-state index contributed by atoms with van der Waals surface area (Å²) >= 11 is 15.8. The van der Waals surface area contributed by atoms with Gasteiger partial charge in [-0.15, -0.1) is 35.0 Å². The van der Waals surface area contributed by atoms with E-state index >= 15 is 0 Å². The van der Waals surface area contributed by atoms with Gasteiger partial charge >= 0.3 is 0 Å². The second-order valence-corrected chi connectivity index (χ2v) is 31.3. The van der Waals surface area contributed by atoms with E-state index in [4.69, 9.17) is 49.5 Å². The molecule has 0 aromatic carbocycles. The molecule has 0 bridgehead atoms. The highest BCUT2D eigenvalue weighted by molar-refractivity contribution is 7.01. The number of halogens is 1. The van der Waals surface area contributed by atoms with Gasteiger partial charge < -0.3 is 57.5 Å². The van der Waals surface area contributed by atoms with Crippen molar-refractivity contribution >= 4 is 139 Å². The van der Waals surface area contributed by atoms with E-state index in [9.17, 15) is 0 Å². The molecular formula is C76H86ClN27O8S9+2. The third-order valence-electron chi connectivity index (χ3n) is 17.5. The Labute approximate surface area is 742 Å². The van der Waals surface area contributed by atoms with Crippen LogP contribution in [0.5, 0.6) is 47.0 Å². The molecule has 0 radical (unpaired) electrons. The third kappa shape index (κ3) is 25.2. The van der Waals surface area contributed by atoms with Gasteiger partial charge in [-0.2, -0.15) is 43.7 Å². The van der Waals surface area contributed by atoms with Gasteiger partial charge in [0, 0.05) is 118 Å². The summed E-state index contributed by atoms with van der Waals surface area (Å²) < 4.78 is 126. The average molecular weight is 1830 g/mol. The largest absolute Gasteiger partial charge is 0.438 e. The highest BCUT2D eigenvalue weighted by atomic mass is 35.5. The molecule has 18 rings (SSSR count). The molecule has 4 aliphatic rings. The standard InChI is InChI=1S/2C17H22N6O2S2.C17H16N6O2S2.C15H10N6O2S2.C7H4ClN3S.3CH4/c3*1-22-7-3-5-12(9-22)14-16(20-26-18-14)24-11-25-17-15(19-27-21-17)13-6-4-8-23(2)10-13;1-3-10(7-16-5-1)12-14(20-24-18-12)22-9-23-15-13(19-25-21-15)11-4-2-6-17-8-11;8-7-6(10-12-11-7)5-2-1-3-9-4-5;;;/h2*5-6H,3-4,7-11H2,1-2H3;3-10H,11H2,1-2H3;1-8H,9H2;1-4H;3*1H4/q;;+2;;;;;. The maximum Gasteiger partial charge on any atom is 0.257 e. The van der Waals surface area contributed by atoms with E-state index in [0.29, 0.717) is 80.7 Å². The third-order valence-corrected chi connectivity index (χ3v) is 22.5. The van der Waals surface area contributed by atoms with Crippen LogP contribution in [-0.2, 0) is 14.1 Å². The second-order valence-electron chi connectivity index (χ2n) is 26.1. The van der Waals surface area contributed by atoms with Crippen molar-refractivity contribution in [3.05, 3.63) is 175 Å². The Morgan fingerprint density at radius 2 is 0.537 bits per heavy atom. The number of nitrogens with zero attached hydrogens (tertiary/aromatic N) is 27. The van der Waals surface area contributed by atoms with Crippen LogP contribution in [0.3, 0.4) is 0 Å². The van der Waals surface area contributed by atoms with Gasteiger partial charge in [0.2, 0.25) is 27.2 Å². The van der Waals surface area contributed by atoms with E-state index in [-0.39, 0.29) is 49.5 Å². The number of likely N-dealkylation sites (N-methyl/N-ethyl adjacent to an activating group) is 4. The number of hydrogen-bond donors (Lipinski definition) is 0. The molecule has 0 fully saturated rings. The number of hydrogen-bond acceptors (Lipinski definition) is 42. The van der Waals surface area contributed by atoms with E-state index in [2.05, 4.69) is 166 Å². The Balaban J connectivity index is 0.000000149. The van der Waals surface area contributed by atoms with E-state index in [1.165, 1.54) is 0 Å². The van der Waals surface area contributed by atoms with E-state index in [0.717, 1.165) is 256 Å². The first-order valence-electron chi connectivity index (χ1n) is 36.2. The zero-order valence-electron chi connectivity index (χ0n) is 64.1. The fourth-order valence-corrected chi connectivity index (χ4v) is 16.8. The quantitative estimate of drug-likeness (QED) is 0.0379. The molecule has 0 N–H and O–H groups in total. The predicted octanol–water partition coefficient (Wildman–Crippen LogP) is 13.4. The molecule has 0 unspecified atom stereocenters. The van der Waals surface area contributed by atoms with E-state index < -0.39 is 0 Å². The Bertz CT molecular complexity index is 5190. The van der Waals surface area contributed by atoms with Crippen LogP contribution in [0.15, 0.2) is 147 Å². The molecule has 14 aromatic rings. The lowest BCUT2D eigenvalue weighted by Gasteiger charge is -2.22. The molecular weight excluding hydrogens is 1740 g/mol. The topological polar surface area (TPSA) is 365 Å². The highest BCUT2D eigenvalue weighted by Gasteiger charge is 2.26. The lowest BCUT2D eigenvalue weighted by molar-refractivity contribution is -0.671. The Kier molecular flexibility index (Phi) is 34.9. The molecule has 632 valence electrons. The maximum atomic E-state index is 5.78. The summed E-state index contributed by atoms with van der Waals surface area (Å²) in [6, 6.07) is 19.0. The first-order valence-corrected chi connectivity index (χ1v) is 43.1. The molecule has 0 saturated heterocycles. The van der Waals surface area contributed by atoms with Gasteiger partial charge in [0.1, 0.15) is 54.0 Å². The van der Waals surface area contributed by atoms with Crippen molar-refractivity contribution < 1.29 is 47.0 Å². The molecule has 0 amide bonds. The Morgan fingerprint density at radius 3 is 0.777 bits per heavy atom.